The van der Waals surface area contributed by atoms with Crippen LogP contribution in [0.25, 0.3) is 0 Å². The molecule has 6 heteroatoms. The van der Waals surface area contributed by atoms with Crippen LogP contribution in [0.4, 0.5) is 0 Å². The summed E-state index contributed by atoms with van der Waals surface area (Å²) in [6.07, 6.45) is 0.162. The maximum absolute atomic E-state index is 11.3. The van der Waals surface area contributed by atoms with E-state index in [0.29, 0.717) is 6.04 Å². The normalized spacial score (nSPS) is 11.2. The molecule has 0 amide bonds. The fourth-order valence-corrected chi connectivity index (χ4v) is 2.39. The second kappa shape index (κ2) is 6.50. The highest BCUT2D eigenvalue weighted by Gasteiger charge is 2.26. The van der Waals surface area contributed by atoms with Crippen molar-refractivity contribution in [1.82, 2.24) is 0 Å². The molecule has 1 aromatic rings. The fourth-order valence-electron chi connectivity index (χ4n) is 1.05. The summed E-state index contributed by atoms with van der Waals surface area (Å²) in [5, 5.41) is 0. The fraction of sp³-hybridized carbons (Fsp3) is 0.300. The lowest BCUT2D eigenvalue weighted by atomic mass is 10.2. The smallest absolute Gasteiger partial charge is 0.341 e. The molecule has 0 aliphatic heterocycles. The van der Waals surface area contributed by atoms with E-state index in [2.05, 4.69) is 0 Å². The van der Waals surface area contributed by atoms with Crippen LogP contribution in [-0.2, 0) is 16.1 Å². The van der Waals surface area contributed by atoms with Crippen LogP contribution in [0.15, 0.2) is 30.3 Å². The van der Waals surface area contributed by atoms with Gasteiger partial charge in [-0.3, -0.25) is 4.79 Å². The highest BCUT2D eigenvalue weighted by Crippen LogP contribution is 2.26. The number of carbonyl (C=O) groups is 1. The molecule has 2 nitrogen and oxygen atoms in total. The second-order valence-corrected chi connectivity index (χ2v) is 12.5. The first-order chi connectivity index (χ1) is 7.47. The summed E-state index contributed by atoms with van der Waals surface area (Å²) in [6.45, 7) is 0.265. The van der Waals surface area contributed by atoms with Gasteiger partial charge in [0.2, 0.25) is 0 Å². The molecule has 0 aliphatic rings. The van der Waals surface area contributed by atoms with Gasteiger partial charge in [-0.05, 0) is 11.6 Å². The molecular weight excluding hydrogens is 287 g/mol. The lowest BCUT2D eigenvalue weighted by Gasteiger charge is -2.07. The number of carbonyl (C=O) groups excluding carboxylic acids is 1. The van der Waals surface area contributed by atoms with Gasteiger partial charge in [-0.1, -0.05) is 30.3 Å². The number of rotatable bonds is 5. The Morgan fingerprint density at radius 3 is 2.38 bits per heavy atom. The SMILES string of the molecule is O=C(CC[Si](Cl)(Cl)Cl)OCc1ccccc1. The maximum Gasteiger partial charge on any atom is 0.341 e. The molecule has 0 aromatic heterocycles. The lowest BCUT2D eigenvalue weighted by Crippen LogP contribution is -2.13. The van der Waals surface area contributed by atoms with Gasteiger partial charge < -0.3 is 4.74 Å². The molecule has 0 spiro atoms. The Labute approximate surface area is 110 Å². The van der Waals surface area contributed by atoms with Gasteiger partial charge in [0, 0.05) is 6.42 Å². The number of benzene rings is 1. The minimum atomic E-state index is -2.71. The second-order valence-electron chi connectivity index (χ2n) is 3.26. The van der Waals surface area contributed by atoms with E-state index in [1.54, 1.807) is 0 Å². The zero-order chi connectivity index (χ0) is 12.0. The van der Waals surface area contributed by atoms with Crippen LogP contribution in [0.1, 0.15) is 12.0 Å². The molecule has 0 saturated heterocycles. The summed E-state index contributed by atoms with van der Waals surface area (Å²) >= 11 is 17.0. The zero-order valence-corrected chi connectivity index (χ0v) is 11.7. The Bertz CT molecular complexity index is 338. The van der Waals surface area contributed by atoms with E-state index in [9.17, 15) is 4.79 Å². The quantitative estimate of drug-likeness (QED) is 0.470. The third-order valence-corrected chi connectivity index (χ3v) is 4.37. The summed E-state index contributed by atoms with van der Waals surface area (Å²) in [5.41, 5.74) is 0.946. The largest absolute Gasteiger partial charge is 0.461 e. The Morgan fingerprint density at radius 2 is 1.81 bits per heavy atom. The molecule has 88 valence electrons. The van der Waals surface area contributed by atoms with Crippen molar-refractivity contribution in [3.63, 3.8) is 0 Å². The van der Waals surface area contributed by atoms with Crippen molar-refractivity contribution in [2.45, 2.75) is 19.1 Å². The van der Waals surface area contributed by atoms with Gasteiger partial charge >= 0.3 is 12.0 Å². The zero-order valence-electron chi connectivity index (χ0n) is 8.46. The van der Waals surface area contributed by atoms with E-state index in [4.69, 9.17) is 38.0 Å². The van der Waals surface area contributed by atoms with E-state index in [0.717, 1.165) is 5.56 Å². The molecule has 1 rings (SSSR count). The predicted molar refractivity (Wildman–Crippen MR) is 69.0 cm³/mol. The highest BCUT2D eigenvalue weighted by molar-refractivity contribution is 7.64. The van der Waals surface area contributed by atoms with Crippen LogP contribution in [0.3, 0.4) is 0 Å². The van der Waals surface area contributed by atoms with Crippen LogP contribution in [0.2, 0.25) is 6.04 Å². The average molecular weight is 298 g/mol. The van der Waals surface area contributed by atoms with E-state index in [1.165, 1.54) is 0 Å². The summed E-state index contributed by atoms with van der Waals surface area (Å²) in [7, 11) is 0. The Morgan fingerprint density at radius 1 is 1.19 bits per heavy atom. The summed E-state index contributed by atoms with van der Waals surface area (Å²) in [6, 6.07) is 7.03. The number of ether oxygens (including phenoxy) is 1. The van der Waals surface area contributed by atoms with Crippen LogP contribution in [0, 0.1) is 0 Å². The maximum atomic E-state index is 11.3. The molecule has 0 fully saturated rings. The molecule has 0 saturated carbocycles. The molecule has 0 unspecified atom stereocenters. The number of halogens is 3. The minimum Gasteiger partial charge on any atom is -0.461 e. The Kier molecular flexibility index (Phi) is 5.62. The van der Waals surface area contributed by atoms with Gasteiger partial charge in [-0.25, -0.2) is 0 Å². The van der Waals surface area contributed by atoms with Crippen molar-refractivity contribution in [2.75, 3.05) is 0 Å². The molecule has 16 heavy (non-hydrogen) atoms. The van der Waals surface area contributed by atoms with Crippen molar-refractivity contribution in [3.05, 3.63) is 35.9 Å². The monoisotopic (exact) mass is 296 g/mol. The van der Waals surface area contributed by atoms with Gasteiger partial charge in [0.1, 0.15) is 6.61 Å². The van der Waals surface area contributed by atoms with Crippen LogP contribution in [0.5, 0.6) is 0 Å². The van der Waals surface area contributed by atoms with E-state index in [-0.39, 0.29) is 19.0 Å². The van der Waals surface area contributed by atoms with Crippen molar-refractivity contribution in [3.8, 4) is 0 Å². The predicted octanol–water partition coefficient (Wildman–Crippen LogP) is 3.78. The Balaban J connectivity index is 2.26. The third kappa shape index (κ3) is 6.38. The average Bonchev–Trinajstić information content (AvgIpc) is 2.24. The van der Waals surface area contributed by atoms with E-state index < -0.39 is 6.00 Å². The summed E-state index contributed by atoms with van der Waals surface area (Å²) < 4.78 is 5.03. The molecule has 0 N–H and O–H groups in total. The molecule has 0 bridgehead atoms. The van der Waals surface area contributed by atoms with Crippen molar-refractivity contribution >= 4 is 45.2 Å². The topological polar surface area (TPSA) is 26.3 Å². The van der Waals surface area contributed by atoms with Gasteiger partial charge in [0.15, 0.2) is 0 Å². The lowest BCUT2D eigenvalue weighted by molar-refractivity contribution is -0.144. The first-order valence-electron chi connectivity index (χ1n) is 4.74. The van der Waals surface area contributed by atoms with E-state index in [1.807, 2.05) is 30.3 Å². The van der Waals surface area contributed by atoms with Crippen LogP contribution >= 0.6 is 33.2 Å². The van der Waals surface area contributed by atoms with Crippen molar-refractivity contribution in [2.24, 2.45) is 0 Å². The van der Waals surface area contributed by atoms with Gasteiger partial charge in [-0.2, -0.15) is 0 Å². The van der Waals surface area contributed by atoms with Gasteiger partial charge in [0.25, 0.3) is 0 Å². The summed E-state index contributed by atoms with van der Waals surface area (Å²) in [4.78, 5) is 11.3. The van der Waals surface area contributed by atoms with Gasteiger partial charge in [-0.15, -0.1) is 33.2 Å². The van der Waals surface area contributed by atoms with Gasteiger partial charge in [0.05, 0.1) is 0 Å². The standard InChI is InChI=1S/C10H11Cl3O2Si/c11-16(12,13)7-6-10(14)15-8-9-4-2-1-3-5-9/h1-5H,6-8H2. The molecule has 1 aromatic carbocycles. The third-order valence-electron chi connectivity index (χ3n) is 1.86. The first-order valence-corrected chi connectivity index (χ1v) is 9.98. The molecule has 0 heterocycles. The number of hydrogen-bond acceptors (Lipinski definition) is 2. The molecule has 0 aliphatic carbocycles. The first kappa shape index (κ1) is 13.8. The summed E-state index contributed by atoms with van der Waals surface area (Å²) in [5.74, 6) is -0.331. The van der Waals surface area contributed by atoms with Crippen molar-refractivity contribution < 1.29 is 9.53 Å². The number of hydrogen-bond donors (Lipinski definition) is 0. The van der Waals surface area contributed by atoms with E-state index >= 15 is 0 Å². The van der Waals surface area contributed by atoms with Crippen molar-refractivity contribution in [1.29, 1.82) is 0 Å². The Hall–Kier alpha value is -0.223. The molecule has 0 atom stereocenters. The van der Waals surface area contributed by atoms with Crippen LogP contribution < -0.4 is 0 Å². The number of esters is 1. The highest BCUT2D eigenvalue weighted by atomic mass is 35.8. The molecule has 0 radical (unpaired) electrons. The minimum absolute atomic E-state index is 0.162. The van der Waals surface area contributed by atoms with Crippen LogP contribution in [-0.4, -0.2) is 12.0 Å². The molecular formula is C10H11Cl3O2Si.